The average molecular weight is 461 g/mol. The maximum absolute atomic E-state index is 13.3. The molecule has 1 unspecified atom stereocenters. The third kappa shape index (κ3) is 3.85. The van der Waals surface area contributed by atoms with Crippen LogP contribution in [-0.4, -0.2) is 21.5 Å². The van der Waals surface area contributed by atoms with E-state index >= 15 is 0 Å². The van der Waals surface area contributed by atoms with Gasteiger partial charge < -0.3 is 10.6 Å². The predicted octanol–water partition coefficient (Wildman–Crippen LogP) is 5.76. The average Bonchev–Trinajstić information content (AvgIpc) is 3.15. The van der Waals surface area contributed by atoms with Crippen LogP contribution in [-0.2, 0) is 4.79 Å². The van der Waals surface area contributed by atoms with Gasteiger partial charge in [-0.2, -0.15) is 5.10 Å². The Morgan fingerprint density at radius 2 is 1.97 bits per heavy atom. The molecule has 168 valence electrons. The molecule has 2 heterocycles. The van der Waals surface area contributed by atoms with Crippen molar-refractivity contribution in [1.82, 2.24) is 9.78 Å². The van der Waals surface area contributed by atoms with Crippen LogP contribution in [0.15, 0.2) is 66.0 Å². The number of fused-ring (bicyclic) bond motifs is 1. The number of hydrogen-bond donors (Lipinski definition) is 2. The smallest absolute Gasteiger partial charge is 0.261 e. The number of nitrogens with zero attached hydrogens (tertiary/aromatic N) is 2. The Kier molecular flexibility index (Phi) is 5.13. The number of Topliss-reactive ketones (excluding diaryl/α,β-unsaturated/α-hetero) is 1. The Morgan fingerprint density at radius 3 is 2.73 bits per heavy atom. The summed E-state index contributed by atoms with van der Waals surface area (Å²) >= 11 is 6.58. The van der Waals surface area contributed by atoms with E-state index in [-0.39, 0.29) is 17.1 Å². The monoisotopic (exact) mass is 460 g/mol. The van der Waals surface area contributed by atoms with Gasteiger partial charge in [0.2, 0.25) is 0 Å². The van der Waals surface area contributed by atoms with Gasteiger partial charge in [0.15, 0.2) is 5.78 Å². The molecule has 1 atom stereocenters. The van der Waals surface area contributed by atoms with E-state index in [0.29, 0.717) is 40.5 Å². The third-order valence-corrected chi connectivity index (χ3v) is 6.57. The van der Waals surface area contributed by atoms with Crippen molar-refractivity contribution in [1.29, 1.82) is 0 Å². The van der Waals surface area contributed by atoms with Gasteiger partial charge >= 0.3 is 0 Å². The number of ketones is 1. The summed E-state index contributed by atoms with van der Waals surface area (Å²) in [5.41, 5.74) is 4.29. The topological polar surface area (TPSA) is 76.0 Å². The first kappa shape index (κ1) is 21.5. The van der Waals surface area contributed by atoms with Crippen LogP contribution >= 0.6 is 11.6 Å². The summed E-state index contributed by atoms with van der Waals surface area (Å²) in [6, 6.07) is 14.6. The number of hydrogen-bond acceptors (Lipinski definition) is 4. The molecule has 3 aromatic rings. The molecule has 1 aromatic heterocycles. The number of aryl methyl sites for hydroxylation is 1. The highest BCUT2D eigenvalue weighted by molar-refractivity contribution is 6.31. The van der Waals surface area contributed by atoms with Gasteiger partial charge in [-0.05, 0) is 48.1 Å². The van der Waals surface area contributed by atoms with E-state index in [9.17, 15) is 9.59 Å². The molecule has 5 rings (SSSR count). The first-order valence-corrected chi connectivity index (χ1v) is 11.3. The lowest BCUT2D eigenvalue weighted by molar-refractivity contribution is -0.118. The summed E-state index contributed by atoms with van der Waals surface area (Å²) in [5, 5.41) is 11.4. The standard InChI is InChI=1S/C26H25ClN4O2/c1-15-7-6-8-16(11-15)29-25(33)18-14-28-31-23(17-9-4-5-10-19(17)27)22-20(30-24(18)31)12-26(2,3)13-21(22)32/h4-11,14,23,30H,12-13H2,1-3H3,(H,29,33). The molecule has 2 aromatic carbocycles. The number of carbonyl (C=O) groups is 2. The van der Waals surface area contributed by atoms with E-state index < -0.39 is 6.04 Å². The number of aromatic nitrogens is 2. The number of halogens is 1. The lowest BCUT2D eigenvalue weighted by Crippen LogP contribution is -2.37. The Morgan fingerprint density at radius 1 is 1.18 bits per heavy atom. The van der Waals surface area contributed by atoms with Crippen LogP contribution in [0.5, 0.6) is 0 Å². The summed E-state index contributed by atoms with van der Waals surface area (Å²) in [7, 11) is 0. The number of anilines is 2. The van der Waals surface area contributed by atoms with Gasteiger partial charge in [0, 0.05) is 28.4 Å². The second-order valence-corrected chi connectivity index (χ2v) is 9.96. The zero-order valence-electron chi connectivity index (χ0n) is 18.8. The molecule has 6 nitrogen and oxygen atoms in total. The lowest BCUT2D eigenvalue weighted by Gasteiger charge is -2.39. The Hall–Kier alpha value is -3.38. The minimum atomic E-state index is -0.492. The summed E-state index contributed by atoms with van der Waals surface area (Å²) in [6.07, 6.45) is 2.69. The highest BCUT2D eigenvalue weighted by Crippen LogP contribution is 2.47. The maximum Gasteiger partial charge on any atom is 0.261 e. The second-order valence-electron chi connectivity index (χ2n) is 9.56. The van der Waals surface area contributed by atoms with E-state index in [2.05, 4.69) is 29.6 Å². The minimum absolute atomic E-state index is 0.0746. The van der Waals surface area contributed by atoms with Gasteiger partial charge in [0.1, 0.15) is 17.4 Å². The molecule has 2 N–H and O–H groups in total. The fraction of sp³-hybridized carbons (Fsp3) is 0.269. The molecule has 0 fully saturated rings. The normalized spacial score (nSPS) is 18.9. The first-order chi connectivity index (χ1) is 15.7. The Balaban J connectivity index is 1.61. The van der Waals surface area contributed by atoms with Crippen molar-refractivity contribution in [2.24, 2.45) is 5.41 Å². The summed E-state index contributed by atoms with van der Waals surface area (Å²) < 4.78 is 1.71. The zero-order chi connectivity index (χ0) is 23.3. The van der Waals surface area contributed by atoms with E-state index in [0.717, 1.165) is 16.8 Å². The van der Waals surface area contributed by atoms with Gasteiger partial charge in [-0.25, -0.2) is 4.68 Å². The van der Waals surface area contributed by atoms with Crippen molar-refractivity contribution in [3.63, 3.8) is 0 Å². The maximum atomic E-state index is 13.3. The van der Waals surface area contributed by atoms with E-state index in [1.54, 1.807) is 10.9 Å². The largest absolute Gasteiger partial charge is 0.343 e. The van der Waals surface area contributed by atoms with Crippen molar-refractivity contribution >= 4 is 34.8 Å². The molecule has 1 aliphatic heterocycles. The third-order valence-electron chi connectivity index (χ3n) is 6.22. The fourth-order valence-electron chi connectivity index (χ4n) is 4.78. The predicted molar refractivity (Wildman–Crippen MR) is 130 cm³/mol. The van der Waals surface area contributed by atoms with E-state index in [1.165, 1.54) is 0 Å². The van der Waals surface area contributed by atoms with Crippen LogP contribution in [0.2, 0.25) is 5.02 Å². The number of allylic oxidation sites excluding steroid dienone is 2. The molecule has 0 radical (unpaired) electrons. The van der Waals surface area contributed by atoms with Gasteiger partial charge in [0.05, 0.1) is 6.20 Å². The van der Waals surface area contributed by atoms with Crippen molar-refractivity contribution in [3.05, 3.63) is 87.7 Å². The first-order valence-electron chi connectivity index (χ1n) is 11.0. The van der Waals surface area contributed by atoms with Crippen LogP contribution in [0.3, 0.4) is 0 Å². The molecule has 2 aliphatic rings. The van der Waals surface area contributed by atoms with Crippen molar-refractivity contribution in [2.75, 3.05) is 10.6 Å². The SMILES string of the molecule is Cc1cccc(NC(=O)c2cnn3c2NC2=C(C(=O)CC(C)(C)C2)C3c2ccccc2Cl)c1. The van der Waals surface area contributed by atoms with Crippen LogP contribution in [0.25, 0.3) is 0 Å². The van der Waals surface area contributed by atoms with E-state index in [1.807, 2.05) is 55.5 Å². The van der Waals surface area contributed by atoms with Gasteiger partial charge in [-0.15, -0.1) is 0 Å². The Bertz CT molecular complexity index is 1320. The van der Waals surface area contributed by atoms with Crippen LogP contribution in [0, 0.1) is 12.3 Å². The van der Waals surface area contributed by atoms with Crippen molar-refractivity contribution < 1.29 is 9.59 Å². The number of nitrogens with one attached hydrogen (secondary N) is 2. The van der Waals surface area contributed by atoms with Gasteiger partial charge in [-0.3, -0.25) is 9.59 Å². The molecule has 1 aliphatic carbocycles. The van der Waals surface area contributed by atoms with Crippen molar-refractivity contribution in [2.45, 2.75) is 39.7 Å². The second kappa shape index (κ2) is 7.89. The number of benzene rings is 2. The highest BCUT2D eigenvalue weighted by Gasteiger charge is 2.42. The molecule has 7 heteroatoms. The van der Waals surface area contributed by atoms with E-state index in [4.69, 9.17) is 11.6 Å². The minimum Gasteiger partial charge on any atom is -0.343 e. The quantitative estimate of drug-likeness (QED) is 0.521. The summed E-state index contributed by atoms with van der Waals surface area (Å²) in [5.74, 6) is 0.373. The Labute approximate surface area is 197 Å². The molecule has 0 saturated heterocycles. The zero-order valence-corrected chi connectivity index (χ0v) is 19.5. The van der Waals surface area contributed by atoms with Gasteiger partial charge in [0.25, 0.3) is 5.91 Å². The molecule has 1 amide bonds. The molecular weight excluding hydrogens is 436 g/mol. The lowest BCUT2D eigenvalue weighted by atomic mass is 9.73. The van der Waals surface area contributed by atoms with Crippen LogP contribution in [0.4, 0.5) is 11.5 Å². The molecule has 33 heavy (non-hydrogen) atoms. The summed E-state index contributed by atoms with van der Waals surface area (Å²) in [4.78, 5) is 26.5. The molecule has 0 bridgehead atoms. The van der Waals surface area contributed by atoms with Crippen LogP contribution in [0.1, 0.15) is 54.2 Å². The van der Waals surface area contributed by atoms with Gasteiger partial charge in [-0.1, -0.05) is 55.8 Å². The highest BCUT2D eigenvalue weighted by atomic mass is 35.5. The molecular formula is C26H25ClN4O2. The summed E-state index contributed by atoms with van der Waals surface area (Å²) in [6.45, 7) is 6.14. The fourth-order valence-corrected chi connectivity index (χ4v) is 5.02. The number of rotatable bonds is 3. The number of amides is 1. The number of carbonyl (C=O) groups excluding carboxylic acids is 2. The molecule has 0 saturated carbocycles. The van der Waals surface area contributed by atoms with Crippen LogP contribution < -0.4 is 10.6 Å². The van der Waals surface area contributed by atoms with Crippen molar-refractivity contribution in [3.8, 4) is 0 Å². The molecule has 0 spiro atoms.